The number of carbonyl (C=O) groups is 1. The Morgan fingerprint density at radius 1 is 1.29 bits per heavy atom. The van der Waals surface area contributed by atoms with E-state index in [-0.39, 0.29) is 0 Å². The first-order chi connectivity index (χ1) is 8.08. The first-order valence-corrected chi connectivity index (χ1v) is 5.90. The van der Waals surface area contributed by atoms with Gasteiger partial charge in [-0.3, -0.25) is 4.79 Å². The molecule has 0 fully saturated rings. The molecule has 0 radical (unpaired) electrons. The van der Waals surface area contributed by atoms with Gasteiger partial charge in [-0.1, -0.05) is 12.1 Å². The van der Waals surface area contributed by atoms with Crippen LogP contribution in [0.4, 0.5) is 5.69 Å². The molecule has 0 bridgehead atoms. The van der Waals surface area contributed by atoms with Gasteiger partial charge in [0.25, 0.3) is 0 Å². The lowest BCUT2D eigenvalue weighted by molar-refractivity contribution is -0.138. The fraction of sp³-hybridized carbons (Fsp3) is 0.462. The van der Waals surface area contributed by atoms with Crippen molar-refractivity contribution in [3.63, 3.8) is 0 Å². The minimum absolute atomic E-state index is 0.369. The summed E-state index contributed by atoms with van der Waals surface area (Å²) >= 11 is 0. The molecule has 17 heavy (non-hydrogen) atoms. The number of carboxylic acid groups (broad SMARTS) is 1. The number of nitrogens with zero attached hydrogens (tertiary/aromatic N) is 1. The fourth-order valence-corrected chi connectivity index (χ4v) is 1.77. The van der Waals surface area contributed by atoms with E-state index < -0.39 is 12.0 Å². The van der Waals surface area contributed by atoms with Gasteiger partial charge in [0.05, 0.1) is 0 Å². The van der Waals surface area contributed by atoms with Gasteiger partial charge in [-0.15, -0.1) is 0 Å². The monoisotopic (exact) mass is 236 g/mol. The van der Waals surface area contributed by atoms with E-state index in [1.54, 1.807) is 0 Å². The summed E-state index contributed by atoms with van der Waals surface area (Å²) in [4.78, 5) is 12.9. The molecule has 0 aliphatic heterocycles. The zero-order valence-electron chi connectivity index (χ0n) is 10.4. The van der Waals surface area contributed by atoms with Crippen LogP contribution in [0.5, 0.6) is 0 Å². The quantitative estimate of drug-likeness (QED) is 0.785. The molecule has 0 unspecified atom stereocenters. The summed E-state index contributed by atoms with van der Waals surface area (Å²) in [6.07, 6.45) is 0.369. The van der Waals surface area contributed by atoms with E-state index in [2.05, 4.69) is 18.7 Å². The summed E-state index contributed by atoms with van der Waals surface area (Å²) in [6, 6.07) is 7.08. The Morgan fingerprint density at radius 2 is 1.82 bits per heavy atom. The lowest BCUT2D eigenvalue weighted by Crippen LogP contribution is -2.32. The summed E-state index contributed by atoms with van der Waals surface area (Å²) in [6.45, 7) is 6.14. The van der Waals surface area contributed by atoms with E-state index >= 15 is 0 Å². The van der Waals surface area contributed by atoms with Crippen molar-refractivity contribution in [2.75, 3.05) is 18.0 Å². The van der Waals surface area contributed by atoms with Crippen LogP contribution < -0.4 is 10.6 Å². The van der Waals surface area contributed by atoms with Crippen molar-refractivity contribution in [1.29, 1.82) is 0 Å². The minimum Gasteiger partial charge on any atom is -0.480 e. The molecule has 1 atom stereocenters. The van der Waals surface area contributed by atoms with E-state index in [1.807, 2.05) is 24.3 Å². The maximum atomic E-state index is 10.6. The van der Waals surface area contributed by atoms with Gasteiger partial charge in [-0.05, 0) is 38.0 Å². The number of hydrogen-bond acceptors (Lipinski definition) is 3. The Balaban J connectivity index is 2.71. The molecule has 0 heterocycles. The molecule has 1 aromatic rings. The Labute approximate surface area is 102 Å². The molecular formula is C13H20N2O2. The number of carboxylic acids is 1. The normalized spacial score (nSPS) is 12.2. The topological polar surface area (TPSA) is 66.6 Å². The van der Waals surface area contributed by atoms with Crippen LogP contribution in [-0.2, 0) is 11.2 Å². The van der Waals surface area contributed by atoms with Crippen LogP contribution in [0.2, 0.25) is 0 Å². The number of rotatable bonds is 6. The van der Waals surface area contributed by atoms with Crippen molar-refractivity contribution in [2.24, 2.45) is 5.73 Å². The number of aliphatic carboxylic acids is 1. The predicted molar refractivity (Wildman–Crippen MR) is 69.3 cm³/mol. The third-order valence-corrected chi connectivity index (χ3v) is 2.84. The van der Waals surface area contributed by atoms with Gasteiger partial charge in [0.2, 0.25) is 0 Å². The van der Waals surface area contributed by atoms with Crippen molar-refractivity contribution in [3.8, 4) is 0 Å². The first kappa shape index (κ1) is 13.5. The number of anilines is 1. The van der Waals surface area contributed by atoms with E-state index in [0.29, 0.717) is 6.42 Å². The molecule has 1 rings (SSSR count). The van der Waals surface area contributed by atoms with Gasteiger partial charge in [-0.2, -0.15) is 0 Å². The lowest BCUT2D eigenvalue weighted by Gasteiger charge is -2.21. The van der Waals surface area contributed by atoms with E-state index in [9.17, 15) is 4.79 Å². The van der Waals surface area contributed by atoms with Gasteiger partial charge in [0.1, 0.15) is 6.04 Å². The second-order valence-electron chi connectivity index (χ2n) is 3.99. The zero-order chi connectivity index (χ0) is 12.8. The first-order valence-electron chi connectivity index (χ1n) is 5.90. The van der Waals surface area contributed by atoms with Crippen LogP contribution in [0, 0.1) is 0 Å². The molecule has 0 aromatic heterocycles. The van der Waals surface area contributed by atoms with Gasteiger partial charge < -0.3 is 15.7 Å². The molecule has 0 aliphatic rings. The molecule has 0 spiro atoms. The summed E-state index contributed by atoms with van der Waals surface area (Å²) in [7, 11) is 0. The highest BCUT2D eigenvalue weighted by molar-refractivity contribution is 5.73. The van der Waals surface area contributed by atoms with Crippen molar-refractivity contribution < 1.29 is 9.90 Å². The summed E-state index contributed by atoms with van der Waals surface area (Å²) in [5.74, 6) is -0.960. The molecule has 4 nitrogen and oxygen atoms in total. The van der Waals surface area contributed by atoms with Crippen molar-refractivity contribution in [1.82, 2.24) is 0 Å². The van der Waals surface area contributed by atoms with Crippen LogP contribution in [0.15, 0.2) is 24.3 Å². The Kier molecular flexibility index (Phi) is 4.97. The molecule has 0 saturated carbocycles. The average Bonchev–Trinajstić information content (AvgIpc) is 2.32. The number of hydrogen-bond donors (Lipinski definition) is 2. The van der Waals surface area contributed by atoms with Gasteiger partial charge in [0.15, 0.2) is 0 Å². The van der Waals surface area contributed by atoms with Crippen LogP contribution in [0.25, 0.3) is 0 Å². The molecular weight excluding hydrogens is 216 g/mol. The number of nitrogens with two attached hydrogens (primary N) is 1. The maximum Gasteiger partial charge on any atom is 0.320 e. The van der Waals surface area contributed by atoms with Crippen LogP contribution >= 0.6 is 0 Å². The van der Waals surface area contributed by atoms with Crippen molar-refractivity contribution in [2.45, 2.75) is 26.3 Å². The van der Waals surface area contributed by atoms with Gasteiger partial charge >= 0.3 is 5.97 Å². The van der Waals surface area contributed by atoms with E-state index in [0.717, 1.165) is 24.3 Å². The van der Waals surface area contributed by atoms with Crippen molar-refractivity contribution >= 4 is 11.7 Å². The molecule has 0 amide bonds. The van der Waals surface area contributed by atoms with Crippen LogP contribution in [-0.4, -0.2) is 30.2 Å². The largest absolute Gasteiger partial charge is 0.480 e. The Morgan fingerprint density at radius 3 is 2.24 bits per heavy atom. The second kappa shape index (κ2) is 6.25. The third-order valence-electron chi connectivity index (χ3n) is 2.84. The third kappa shape index (κ3) is 3.75. The Bertz CT molecular complexity index is 358. The highest BCUT2D eigenvalue weighted by Crippen LogP contribution is 2.15. The number of benzene rings is 1. The molecule has 3 N–H and O–H groups in total. The maximum absolute atomic E-state index is 10.6. The van der Waals surface area contributed by atoms with Gasteiger partial charge in [0, 0.05) is 18.8 Å². The smallest absolute Gasteiger partial charge is 0.320 e. The molecule has 4 heteroatoms. The molecule has 94 valence electrons. The summed E-state index contributed by atoms with van der Waals surface area (Å²) < 4.78 is 0. The zero-order valence-corrected chi connectivity index (χ0v) is 10.4. The standard InChI is InChI=1S/C13H20N2O2/c1-3-15(4-2)11-7-5-10(6-8-11)9-12(14)13(16)17/h5-8,12H,3-4,9,14H2,1-2H3,(H,16,17)/t12-/m0/s1. The van der Waals surface area contributed by atoms with E-state index in [1.165, 1.54) is 0 Å². The average molecular weight is 236 g/mol. The highest BCUT2D eigenvalue weighted by atomic mass is 16.4. The van der Waals surface area contributed by atoms with Crippen molar-refractivity contribution in [3.05, 3.63) is 29.8 Å². The minimum atomic E-state index is -0.960. The van der Waals surface area contributed by atoms with Crippen LogP contribution in [0.3, 0.4) is 0 Å². The van der Waals surface area contributed by atoms with E-state index in [4.69, 9.17) is 10.8 Å². The predicted octanol–water partition coefficient (Wildman–Crippen LogP) is 1.49. The van der Waals surface area contributed by atoms with Crippen LogP contribution in [0.1, 0.15) is 19.4 Å². The SMILES string of the molecule is CCN(CC)c1ccc(C[C@H](N)C(=O)O)cc1. The highest BCUT2D eigenvalue weighted by Gasteiger charge is 2.12. The summed E-state index contributed by atoms with van der Waals surface area (Å²) in [5, 5.41) is 8.73. The fourth-order valence-electron chi connectivity index (χ4n) is 1.77. The molecule has 1 aromatic carbocycles. The summed E-state index contributed by atoms with van der Waals surface area (Å²) in [5.41, 5.74) is 7.60. The van der Waals surface area contributed by atoms with Gasteiger partial charge in [-0.25, -0.2) is 0 Å². The Hall–Kier alpha value is -1.55. The second-order valence-corrected chi connectivity index (χ2v) is 3.99. The molecule has 0 aliphatic carbocycles. The lowest BCUT2D eigenvalue weighted by atomic mass is 10.1. The molecule has 0 saturated heterocycles.